The van der Waals surface area contributed by atoms with Gasteiger partial charge in [0, 0.05) is 17.0 Å². The number of carbonyl (C=O) groups excluding carboxylic acids is 1. The molecule has 2 aromatic carbocycles. The Bertz CT molecular complexity index is 1180. The van der Waals surface area contributed by atoms with Gasteiger partial charge in [0.15, 0.2) is 11.5 Å². The summed E-state index contributed by atoms with van der Waals surface area (Å²) in [5.41, 5.74) is 2.43. The maximum Gasteiger partial charge on any atom is 0.349 e. The number of hydrogen-bond donors (Lipinski definition) is 1. The minimum atomic E-state index is -4.13. The second-order valence-corrected chi connectivity index (χ2v) is 9.07. The number of aryl methyl sites for hydroxylation is 1. The Balaban J connectivity index is 2.11. The van der Waals surface area contributed by atoms with Gasteiger partial charge in [-0.3, -0.25) is 4.72 Å². The Morgan fingerprint density at radius 3 is 2.32 bits per heavy atom. The zero-order valence-corrected chi connectivity index (χ0v) is 19.2. The highest BCUT2D eigenvalue weighted by Gasteiger charge is 2.30. The first kappa shape index (κ1) is 22.6. The fraction of sp³-hybridized carbons (Fsp3) is 0.227. The molecular weight excluding hydrogens is 438 g/mol. The maximum atomic E-state index is 13.4. The zero-order chi connectivity index (χ0) is 22.6. The molecule has 31 heavy (non-hydrogen) atoms. The van der Waals surface area contributed by atoms with E-state index in [0.717, 1.165) is 16.9 Å². The minimum absolute atomic E-state index is 0.0189. The Morgan fingerprint density at radius 2 is 1.71 bits per heavy atom. The summed E-state index contributed by atoms with van der Waals surface area (Å²) >= 11 is 1.04. The van der Waals surface area contributed by atoms with Crippen molar-refractivity contribution in [3.05, 3.63) is 58.3 Å². The molecule has 0 saturated carbocycles. The molecule has 0 unspecified atom stereocenters. The molecule has 0 radical (unpaired) electrons. The average molecular weight is 462 g/mol. The standard InChI is InChI=1S/C22H23NO6S2/c1-5-29-22(24)20-21(17(13-30-20)15-8-6-14(2)7-9-15)31(25,26)23-16-10-11-18(27-3)19(12-16)28-4/h6-13,23H,5H2,1-4H3. The highest BCUT2D eigenvalue weighted by molar-refractivity contribution is 7.93. The first-order valence-electron chi connectivity index (χ1n) is 9.41. The van der Waals surface area contributed by atoms with Crippen LogP contribution in [0.3, 0.4) is 0 Å². The lowest BCUT2D eigenvalue weighted by Crippen LogP contribution is -2.17. The summed E-state index contributed by atoms with van der Waals surface area (Å²) in [4.78, 5) is 12.4. The number of rotatable bonds is 8. The molecule has 0 spiro atoms. The minimum Gasteiger partial charge on any atom is -0.493 e. The molecule has 0 aliphatic rings. The fourth-order valence-electron chi connectivity index (χ4n) is 2.99. The lowest BCUT2D eigenvalue weighted by Gasteiger charge is -2.13. The fourth-order valence-corrected chi connectivity index (χ4v) is 5.73. The third-order valence-corrected chi connectivity index (χ3v) is 7.03. The number of carbonyl (C=O) groups is 1. The summed E-state index contributed by atoms with van der Waals surface area (Å²) in [6.07, 6.45) is 0. The molecule has 0 bridgehead atoms. The molecule has 1 N–H and O–H groups in total. The van der Waals surface area contributed by atoms with Gasteiger partial charge in [-0.2, -0.15) is 0 Å². The monoisotopic (exact) mass is 461 g/mol. The summed E-state index contributed by atoms with van der Waals surface area (Å²) in [5, 5.41) is 1.65. The van der Waals surface area contributed by atoms with E-state index in [0.29, 0.717) is 22.6 Å². The van der Waals surface area contributed by atoms with E-state index in [1.54, 1.807) is 24.4 Å². The average Bonchev–Trinajstić information content (AvgIpc) is 3.20. The van der Waals surface area contributed by atoms with Crippen molar-refractivity contribution in [3.63, 3.8) is 0 Å². The summed E-state index contributed by atoms with van der Waals surface area (Å²) in [7, 11) is -1.18. The van der Waals surface area contributed by atoms with Crippen LogP contribution >= 0.6 is 11.3 Å². The maximum absolute atomic E-state index is 13.4. The van der Waals surface area contributed by atoms with E-state index in [9.17, 15) is 13.2 Å². The number of esters is 1. The van der Waals surface area contributed by atoms with E-state index in [1.165, 1.54) is 20.3 Å². The van der Waals surface area contributed by atoms with Crippen LogP contribution in [-0.4, -0.2) is 35.2 Å². The van der Waals surface area contributed by atoms with E-state index in [-0.39, 0.29) is 22.1 Å². The molecule has 7 nitrogen and oxygen atoms in total. The van der Waals surface area contributed by atoms with Gasteiger partial charge in [0.05, 0.1) is 26.5 Å². The van der Waals surface area contributed by atoms with E-state index in [4.69, 9.17) is 14.2 Å². The van der Waals surface area contributed by atoms with Crippen LogP contribution in [0.5, 0.6) is 11.5 Å². The third kappa shape index (κ3) is 4.83. The van der Waals surface area contributed by atoms with Crippen LogP contribution in [0, 0.1) is 6.92 Å². The zero-order valence-electron chi connectivity index (χ0n) is 17.6. The first-order chi connectivity index (χ1) is 14.8. The van der Waals surface area contributed by atoms with Crippen LogP contribution in [0.2, 0.25) is 0 Å². The van der Waals surface area contributed by atoms with Crippen LogP contribution in [0.1, 0.15) is 22.2 Å². The van der Waals surface area contributed by atoms with Crippen molar-refractivity contribution in [2.24, 2.45) is 0 Å². The van der Waals surface area contributed by atoms with Gasteiger partial charge in [-0.1, -0.05) is 29.8 Å². The number of methoxy groups -OCH3 is 2. The highest BCUT2D eigenvalue weighted by Crippen LogP contribution is 2.38. The van der Waals surface area contributed by atoms with E-state index < -0.39 is 16.0 Å². The Hall–Kier alpha value is -3.04. The lowest BCUT2D eigenvalue weighted by molar-refractivity contribution is 0.0528. The molecule has 1 aromatic heterocycles. The van der Waals surface area contributed by atoms with Crippen molar-refractivity contribution >= 4 is 33.0 Å². The quantitative estimate of drug-likeness (QED) is 0.488. The van der Waals surface area contributed by atoms with Gasteiger partial charge in [0.25, 0.3) is 10.0 Å². The van der Waals surface area contributed by atoms with E-state index >= 15 is 0 Å². The second kappa shape index (κ2) is 9.40. The molecule has 1 heterocycles. The molecule has 3 rings (SSSR count). The third-order valence-electron chi connectivity index (χ3n) is 4.47. The van der Waals surface area contributed by atoms with Gasteiger partial charge < -0.3 is 14.2 Å². The summed E-state index contributed by atoms with van der Waals surface area (Å²) in [6, 6.07) is 12.1. The predicted molar refractivity (Wildman–Crippen MR) is 121 cm³/mol. The second-order valence-electron chi connectivity index (χ2n) is 6.57. The van der Waals surface area contributed by atoms with Crippen LogP contribution in [0.4, 0.5) is 5.69 Å². The van der Waals surface area contributed by atoms with Crippen LogP contribution in [0.15, 0.2) is 52.7 Å². The van der Waals surface area contributed by atoms with Crippen molar-refractivity contribution in [2.45, 2.75) is 18.7 Å². The van der Waals surface area contributed by atoms with Gasteiger partial charge in [0.2, 0.25) is 0 Å². The molecule has 0 fully saturated rings. The molecule has 164 valence electrons. The van der Waals surface area contributed by atoms with Crippen molar-refractivity contribution in [3.8, 4) is 22.6 Å². The molecule has 0 aliphatic carbocycles. The van der Waals surface area contributed by atoms with Crippen molar-refractivity contribution in [2.75, 3.05) is 25.5 Å². The predicted octanol–water partition coefficient (Wildman–Crippen LogP) is 4.72. The number of thiophene rings is 1. The number of benzene rings is 2. The lowest BCUT2D eigenvalue weighted by atomic mass is 10.1. The normalized spacial score (nSPS) is 11.1. The number of ether oxygens (including phenoxy) is 3. The molecular formula is C22H23NO6S2. The van der Waals surface area contributed by atoms with Gasteiger partial charge >= 0.3 is 5.97 Å². The van der Waals surface area contributed by atoms with Gasteiger partial charge in [-0.05, 0) is 31.5 Å². The van der Waals surface area contributed by atoms with Crippen molar-refractivity contribution in [1.82, 2.24) is 0 Å². The molecule has 3 aromatic rings. The van der Waals surface area contributed by atoms with Crippen molar-refractivity contribution in [1.29, 1.82) is 0 Å². The van der Waals surface area contributed by atoms with E-state index in [2.05, 4.69) is 4.72 Å². The molecule has 9 heteroatoms. The Kier molecular flexibility index (Phi) is 6.87. The molecule has 0 atom stereocenters. The van der Waals surface area contributed by atoms with Gasteiger partial charge in [0.1, 0.15) is 9.77 Å². The largest absolute Gasteiger partial charge is 0.493 e. The first-order valence-corrected chi connectivity index (χ1v) is 11.8. The van der Waals surface area contributed by atoms with E-state index in [1.807, 2.05) is 31.2 Å². The summed E-state index contributed by atoms with van der Waals surface area (Å²) in [6.45, 7) is 3.75. The van der Waals surface area contributed by atoms with Crippen LogP contribution < -0.4 is 14.2 Å². The highest BCUT2D eigenvalue weighted by atomic mass is 32.2. The van der Waals surface area contributed by atoms with Crippen LogP contribution in [-0.2, 0) is 14.8 Å². The number of hydrogen-bond acceptors (Lipinski definition) is 7. The Labute approximate surface area is 185 Å². The van der Waals surface area contributed by atoms with Gasteiger partial charge in [-0.25, -0.2) is 13.2 Å². The Morgan fingerprint density at radius 1 is 1.03 bits per heavy atom. The van der Waals surface area contributed by atoms with Crippen molar-refractivity contribution < 1.29 is 27.4 Å². The number of anilines is 1. The summed E-state index contributed by atoms with van der Waals surface area (Å²) in [5.74, 6) is 0.157. The smallest absolute Gasteiger partial charge is 0.349 e. The molecule has 0 aliphatic heterocycles. The number of sulfonamides is 1. The van der Waals surface area contributed by atoms with Crippen LogP contribution in [0.25, 0.3) is 11.1 Å². The molecule has 0 saturated heterocycles. The topological polar surface area (TPSA) is 90.9 Å². The number of nitrogens with one attached hydrogen (secondary N) is 1. The van der Waals surface area contributed by atoms with Gasteiger partial charge in [-0.15, -0.1) is 11.3 Å². The summed E-state index contributed by atoms with van der Waals surface area (Å²) < 4.78 is 44.9. The SMILES string of the molecule is CCOC(=O)c1scc(-c2ccc(C)cc2)c1S(=O)(=O)Nc1ccc(OC)c(OC)c1. The molecule has 0 amide bonds.